The van der Waals surface area contributed by atoms with Crippen LogP contribution in [0.4, 0.5) is 5.69 Å². The lowest BCUT2D eigenvalue weighted by atomic mass is 9.92. The van der Waals surface area contributed by atoms with Crippen LogP contribution in [-0.2, 0) is 6.54 Å². The molecule has 0 spiro atoms. The summed E-state index contributed by atoms with van der Waals surface area (Å²) >= 11 is 0. The van der Waals surface area contributed by atoms with Crippen molar-refractivity contribution in [2.24, 2.45) is 11.7 Å². The molecule has 1 saturated heterocycles. The Bertz CT molecular complexity index is 1000. The van der Waals surface area contributed by atoms with Gasteiger partial charge in [0.05, 0.1) is 11.4 Å². The molecule has 5 nitrogen and oxygen atoms in total. The molecule has 2 atom stereocenters. The summed E-state index contributed by atoms with van der Waals surface area (Å²) in [6, 6.07) is 13.0. The maximum absolute atomic E-state index is 6.17. The highest BCUT2D eigenvalue weighted by Gasteiger charge is 2.27. The summed E-state index contributed by atoms with van der Waals surface area (Å²) in [5, 5.41) is 4.83. The van der Waals surface area contributed by atoms with Crippen molar-refractivity contribution in [3.63, 3.8) is 0 Å². The van der Waals surface area contributed by atoms with Crippen LogP contribution in [0.1, 0.15) is 24.5 Å². The van der Waals surface area contributed by atoms with E-state index in [1.165, 1.54) is 5.56 Å². The van der Waals surface area contributed by atoms with E-state index in [2.05, 4.69) is 69.8 Å². The average molecular weight is 374 g/mol. The Morgan fingerprint density at radius 3 is 2.96 bits per heavy atom. The van der Waals surface area contributed by atoms with E-state index in [9.17, 15) is 0 Å². The number of aromatic amines is 1. The number of anilines is 1. The lowest BCUT2D eigenvalue weighted by molar-refractivity contribution is 0.170. The van der Waals surface area contributed by atoms with Gasteiger partial charge in [0.25, 0.3) is 0 Å². The fraction of sp³-hybridized carbons (Fsp3) is 0.304. The van der Waals surface area contributed by atoms with Crippen molar-refractivity contribution >= 4 is 22.4 Å². The van der Waals surface area contributed by atoms with E-state index in [1.54, 1.807) is 6.20 Å². The maximum atomic E-state index is 6.17. The van der Waals surface area contributed by atoms with Crippen molar-refractivity contribution in [3.8, 4) is 0 Å². The van der Waals surface area contributed by atoms with Gasteiger partial charge in [-0.1, -0.05) is 43.8 Å². The first kappa shape index (κ1) is 18.4. The van der Waals surface area contributed by atoms with Crippen molar-refractivity contribution in [3.05, 3.63) is 72.2 Å². The van der Waals surface area contributed by atoms with E-state index < -0.39 is 0 Å². The van der Waals surface area contributed by atoms with Crippen molar-refractivity contribution in [2.75, 3.05) is 18.4 Å². The normalized spacial score (nSPS) is 20.0. The zero-order chi connectivity index (χ0) is 19.5. The number of rotatable bonds is 5. The summed E-state index contributed by atoms with van der Waals surface area (Å²) in [5.41, 5.74) is 13.6. The van der Waals surface area contributed by atoms with Gasteiger partial charge in [0, 0.05) is 42.5 Å². The van der Waals surface area contributed by atoms with Crippen molar-refractivity contribution < 1.29 is 0 Å². The van der Waals surface area contributed by atoms with Crippen molar-refractivity contribution in [1.82, 2.24) is 14.9 Å². The smallest absolute Gasteiger partial charge is 0.139 e. The quantitative estimate of drug-likeness (QED) is 0.592. The molecular weight excluding hydrogens is 346 g/mol. The molecule has 1 fully saturated rings. The first-order chi connectivity index (χ1) is 13.7. The van der Waals surface area contributed by atoms with Gasteiger partial charge < -0.3 is 16.0 Å². The third-order valence-corrected chi connectivity index (χ3v) is 5.69. The van der Waals surface area contributed by atoms with Crippen LogP contribution in [0.15, 0.2) is 61.1 Å². The second kappa shape index (κ2) is 7.93. The van der Waals surface area contributed by atoms with Crippen molar-refractivity contribution in [1.29, 1.82) is 0 Å². The number of nitrogens with two attached hydrogens (primary N) is 1. The van der Waals surface area contributed by atoms with Crippen LogP contribution in [0.25, 0.3) is 16.7 Å². The molecule has 0 radical (unpaired) electrons. The third-order valence-electron chi connectivity index (χ3n) is 5.69. The molecule has 0 bridgehead atoms. The molecule has 1 aliphatic rings. The number of pyridine rings is 1. The number of benzene rings is 1. The topological polar surface area (TPSA) is 70.0 Å². The number of hydrogen-bond acceptors (Lipinski definition) is 4. The summed E-state index contributed by atoms with van der Waals surface area (Å²) in [6.45, 7) is 9.11. The van der Waals surface area contributed by atoms with Gasteiger partial charge in [-0.15, -0.1) is 5.73 Å². The number of fused-ring (bicyclic) bond motifs is 1. The number of piperidine rings is 1. The number of nitrogens with one attached hydrogen (secondary N) is 2. The molecular formula is C23H27N5. The van der Waals surface area contributed by atoms with E-state index in [4.69, 9.17) is 5.73 Å². The predicted molar refractivity (Wildman–Crippen MR) is 116 cm³/mol. The number of likely N-dealkylation sites (tertiary alicyclic amines) is 1. The van der Waals surface area contributed by atoms with Gasteiger partial charge in [-0.3, -0.25) is 4.90 Å². The highest BCUT2D eigenvalue weighted by atomic mass is 15.2. The molecule has 2 aromatic heterocycles. The number of aromatic nitrogens is 2. The van der Waals surface area contributed by atoms with Crippen LogP contribution in [0.5, 0.6) is 0 Å². The Kier molecular flexibility index (Phi) is 5.20. The Hall–Kier alpha value is -3.01. The monoisotopic (exact) mass is 373 g/mol. The highest BCUT2D eigenvalue weighted by Crippen LogP contribution is 2.31. The molecule has 1 aromatic carbocycles. The van der Waals surface area contributed by atoms with Crippen molar-refractivity contribution in [2.45, 2.75) is 25.9 Å². The number of nitrogens with zero attached hydrogens (tertiary/aromatic N) is 2. The minimum atomic E-state index is 0.328. The first-order valence-corrected chi connectivity index (χ1v) is 9.80. The lowest BCUT2D eigenvalue weighted by Crippen LogP contribution is -2.46. The van der Waals surface area contributed by atoms with Gasteiger partial charge in [-0.2, -0.15) is 0 Å². The molecule has 0 saturated carbocycles. The molecule has 4 N–H and O–H groups in total. The Balaban J connectivity index is 1.60. The van der Waals surface area contributed by atoms with E-state index in [0.29, 0.717) is 17.7 Å². The molecule has 28 heavy (non-hydrogen) atoms. The fourth-order valence-corrected chi connectivity index (χ4v) is 3.96. The Morgan fingerprint density at radius 2 is 2.18 bits per heavy atom. The minimum Gasteiger partial charge on any atom is -0.392 e. The fourth-order valence-electron chi connectivity index (χ4n) is 3.96. The van der Waals surface area contributed by atoms with E-state index >= 15 is 0 Å². The van der Waals surface area contributed by atoms with E-state index in [-0.39, 0.29) is 0 Å². The third kappa shape index (κ3) is 3.68. The number of H-pyrrole nitrogens is 1. The first-order valence-electron chi connectivity index (χ1n) is 9.80. The molecule has 3 aromatic rings. The molecule has 0 amide bonds. The zero-order valence-corrected chi connectivity index (χ0v) is 16.3. The molecule has 4 rings (SSSR count). The van der Waals surface area contributed by atoms with Crippen LogP contribution in [-0.4, -0.2) is 34.0 Å². The van der Waals surface area contributed by atoms with Gasteiger partial charge in [-0.05, 0) is 30.5 Å². The summed E-state index contributed by atoms with van der Waals surface area (Å²) < 4.78 is 0. The van der Waals surface area contributed by atoms with Gasteiger partial charge in [-0.25, -0.2) is 4.98 Å². The molecule has 5 heteroatoms. The molecule has 3 heterocycles. The zero-order valence-electron chi connectivity index (χ0n) is 16.3. The Labute approximate surface area is 166 Å². The molecule has 0 aliphatic carbocycles. The SMILES string of the molecule is C=C=C(N)c1cnc2[nH]ccc2c1N[C@H]1CN(Cc2ccccc2)CC[C@H]1C. The van der Waals surface area contributed by atoms with Crippen LogP contribution in [0.3, 0.4) is 0 Å². The molecule has 144 valence electrons. The van der Waals surface area contributed by atoms with Crippen LogP contribution in [0.2, 0.25) is 0 Å². The summed E-state index contributed by atoms with van der Waals surface area (Å²) in [4.78, 5) is 10.2. The molecule has 1 aliphatic heterocycles. The highest BCUT2D eigenvalue weighted by molar-refractivity contribution is 5.95. The van der Waals surface area contributed by atoms with Gasteiger partial charge in [0.15, 0.2) is 0 Å². The summed E-state index contributed by atoms with van der Waals surface area (Å²) in [7, 11) is 0. The minimum absolute atomic E-state index is 0.328. The van der Waals surface area contributed by atoms with Crippen LogP contribution in [0, 0.1) is 5.92 Å². The number of hydrogen-bond donors (Lipinski definition) is 3. The summed E-state index contributed by atoms with van der Waals surface area (Å²) in [6.07, 6.45) is 4.87. The standard InChI is InChI=1S/C23H27N5/c1-3-20(24)19-13-26-23-18(9-11-25-23)22(19)27-21-15-28(12-10-16(21)2)14-17-7-5-4-6-8-17/h4-9,11,13,16,21H,1,10,12,14-15,24H2,2H3,(H2,25,26,27)/t16-,21+/m1/s1. The van der Waals surface area contributed by atoms with Gasteiger partial charge in [0.1, 0.15) is 5.65 Å². The second-order valence-electron chi connectivity index (χ2n) is 7.61. The summed E-state index contributed by atoms with van der Waals surface area (Å²) in [5.74, 6) is 0.566. The predicted octanol–water partition coefficient (Wildman–Crippen LogP) is 3.97. The van der Waals surface area contributed by atoms with Gasteiger partial charge >= 0.3 is 0 Å². The lowest BCUT2D eigenvalue weighted by Gasteiger charge is -2.38. The molecule has 0 unspecified atom stereocenters. The average Bonchev–Trinajstić information content (AvgIpc) is 3.20. The van der Waals surface area contributed by atoms with E-state index in [0.717, 1.165) is 48.3 Å². The second-order valence-corrected chi connectivity index (χ2v) is 7.61. The van der Waals surface area contributed by atoms with E-state index in [1.807, 2.05) is 12.3 Å². The van der Waals surface area contributed by atoms with Crippen LogP contribution >= 0.6 is 0 Å². The largest absolute Gasteiger partial charge is 0.392 e. The maximum Gasteiger partial charge on any atom is 0.139 e. The van der Waals surface area contributed by atoms with Crippen LogP contribution < -0.4 is 11.1 Å². The van der Waals surface area contributed by atoms with Gasteiger partial charge in [0.2, 0.25) is 0 Å². The Morgan fingerprint density at radius 1 is 1.36 bits per heavy atom.